The second-order valence-corrected chi connectivity index (χ2v) is 8.37. The van der Waals surface area contributed by atoms with Crippen LogP contribution in [0.1, 0.15) is 17.5 Å². The fourth-order valence-electron chi connectivity index (χ4n) is 4.51. The molecule has 2 fully saturated rings. The summed E-state index contributed by atoms with van der Waals surface area (Å²) in [7, 11) is 0. The number of aryl methyl sites for hydroxylation is 2. The summed E-state index contributed by atoms with van der Waals surface area (Å²) in [4.78, 5) is 10.5. The SMILES string of the molecule is Cc1cc(OCCCN2CC3CNC3C2)ccc1-c1nc2c(C)c(F)ccc2[nH]1. The van der Waals surface area contributed by atoms with Crippen LogP contribution in [0.5, 0.6) is 5.75 Å². The molecule has 2 aliphatic heterocycles. The molecule has 6 heteroatoms. The van der Waals surface area contributed by atoms with E-state index >= 15 is 0 Å². The fraction of sp³-hybridized carbons (Fsp3) is 0.435. The van der Waals surface area contributed by atoms with Gasteiger partial charge in [-0.25, -0.2) is 9.37 Å². The van der Waals surface area contributed by atoms with Gasteiger partial charge in [0.2, 0.25) is 0 Å². The first kappa shape index (κ1) is 18.6. The van der Waals surface area contributed by atoms with Crippen molar-refractivity contribution in [1.82, 2.24) is 20.2 Å². The molecule has 0 aliphatic carbocycles. The van der Waals surface area contributed by atoms with Crippen LogP contribution in [0.4, 0.5) is 4.39 Å². The number of aromatic amines is 1. The van der Waals surface area contributed by atoms with E-state index in [1.165, 1.54) is 25.7 Å². The maximum Gasteiger partial charge on any atom is 0.138 e. The summed E-state index contributed by atoms with van der Waals surface area (Å²) in [6.07, 6.45) is 1.04. The average molecular weight is 394 g/mol. The molecular weight excluding hydrogens is 367 g/mol. The Morgan fingerprint density at radius 2 is 2.10 bits per heavy atom. The molecule has 0 bridgehead atoms. The minimum Gasteiger partial charge on any atom is -0.494 e. The normalized spacial score (nSPS) is 21.3. The van der Waals surface area contributed by atoms with Gasteiger partial charge in [0.05, 0.1) is 17.6 Å². The van der Waals surface area contributed by atoms with Gasteiger partial charge in [0.25, 0.3) is 0 Å². The number of hydrogen-bond acceptors (Lipinski definition) is 4. The Morgan fingerprint density at radius 3 is 2.83 bits per heavy atom. The average Bonchev–Trinajstić information content (AvgIpc) is 3.24. The van der Waals surface area contributed by atoms with Crippen LogP contribution in [0.25, 0.3) is 22.4 Å². The van der Waals surface area contributed by atoms with Crippen molar-refractivity contribution in [2.75, 3.05) is 32.8 Å². The molecule has 5 rings (SSSR count). The van der Waals surface area contributed by atoms with Gasteiger partial charge >= 0.3 is 0 Å². The number of H-pyrrole nitrogens is 1. The molecule has 2 atom stereocenters. The lowest BCUT2D eigenvalue weighted by Gasteiger charge is -2.30. The van der Waals surface area contributed by atoms with E-state index in [-0.39, 0.29) is 5.82 Å². The van der Waals surface area contributed by atoms with Crippen LogP contribution in [-0.2, 0) is 0 Å². The maximum absolute atomic E-state index is 13.8. The van der Waals surface area contributed by atoms with Crippen molar-refractivity contribution < 1.29 is 9.13 Å². The second-order valence-electron chi connectivity index (χ2n) is 8.37. The van der Waals surface area contributed by atoms with Crippen molar-refractivity contribution in [3.63, 3.8) is 0 Å². The monoisotopic (exact) mass is 394 g/mol. The van der Waals surface area contributed by atoms with Gasteiger partial charge < -0.3 is 19.9 Å². The number of nitrogens with one attached hydrogen (secondary N) is 2. The number of aromatic nitrogens is 2. The summed E-state index contributed by atoms with van der Waals surface area (Å²) >= 11 is 0. The Kier molecular flexibility index (Phi) is 4.76. The lowest BCUT2D eigenvalue weighted by atomic mass is 9.96. The van der Waals surface area contributed by atoms with Gasteiger partial charge in [0.15, 0.2) is 0 Å². The number of likely N-dealkylation sites (tertiary alicyclic amines) is 1. The first-order chi connectivity index (χ1) is 14.1. The lowest BCUT2D eigenvalue weighted by Crippen LogP contribution is -2.51. The van der Waals surface area contributed by atoms with Gasteiger partial charge in [0, 0.05) is 49.3 Å². The fourth-order valence-corrected chi connectivity index (χ4v) is 4.51. The zero-order chi connectivity index (χ0) is 20.0. The first-order valence-corrected chi connectivity index (χ1v) is 10.4. The highest BCUT2D eigenvalue weighted by molar-refractivity contribution is 5.83. The van der Waals surface area contributed by atoms with Crippen LogP contribution < -0.4 is 10.1 Å². The molecule has 0 radical (unpaired) electrons. The van der Waals surface area contributed by atoms with Crippen LogP contribution >= 0.6 is 0 Å². The number of nitrogens with zero attached hydrogens (tertiary/aromatic N) is 2. The van der Waals surface area contributed by atoms with Crippen LogP contribution in [-0.4, -0.2) is 53.7 Å². The highest BCUT2D eigenvalue weighted by Gasteiger charge is 2.38. The highest BCUT2D eigenvalue weighted by atomic mass is 19.1. The molecule has 2 saturated heterocycles. The van der Waals surface area contributed by atoms with E-state index in [1.54, 1.807) is 13.0 Å². The van der Waals surface area contributed by atoms with Gasteiger partial charge in [-0.2, -0.15) is 0 Å². The Labute approximate surface area is 170 Å². The third kappa shape index (κ3) is 3.51. The van der Waals surface area contributed by atoms with Gasteiger partial charge in [-0.05, 0) is 56.2 Å². The molecule has 2 unspecified atom stereocenters. The summed E-state index contributed by atoms with van der Waals surface area (Å²) in [5.74, 6) is 2.28. The number of imidazole rings is 1. The van der Waals surface area contributed by atoms with Crippen molar-refractivity contribution in [2.45, 2.75) is 26.3 Å². The van der Waals surface area contributed by atoms with Crippen molar-refractivity contribution in [3.05, 3.63) is 47.3 Å². The zero-order valence-electron chi connectivity index (χ0n) is 17.0. The predicted octanol–water partition coefficient (Wildman–Crippen LogP) is 3.66. The number of hydrogen-bond donors (Lipinski definition) is 2. The quantitative estimate of drug-likeness (QED) is 0.627. The van der Waals surface area contributed by atoms with Crippen LogP contribution in [0, 0.1) is 25.6 Å². The predicted molar refractivity (Wildman–Crippen MR) is 113 cm³/mol. The van der Waals surface area contributed by atoms with Crippen molar-refractivity contribution in [3.8, 4) is 17.1 Å². The second kappa shape index (κ2) is 7.43. The van der Waals surface area contributed by atoms with Crippen LogP contribution in [0.2, 0.25) is 0 Å². The minimum atomic E-state index is -0.228. The Hall–Kier alpha value is -2.44. The number of halogens is 1. The maximum atomic E-state index is 13.8. The molecule has 5 nitrogen and oxygen atoms in total. The number of ether oxygens (including phenoxy) is 1. The van der Waals surface area contributed by atoms with Crippen molar-refractivity contribution in [1.29, 1.82) is 0 Å². The molecule has 0 spiro atoms. The smallest absolute Gasteiger partial charge is 0.138 e. The van der Waals surface area contributed by atoms with Gasteiger partial charge in [-0.3, -0.25) is 0 Å². The summed E-state index contributed by atoms with van der Waals surface area (Å²) < 4.78 is 19.8. The van der Waals surface area contributed by atoms with E-state index in [2.05, 4.69) is 33.2 Å². The van der Waals surface area contributed by atoms with Crippen molar-refractivity contribution >= 4 is 11.0 Å². The first-order valence-electron chi connectivity index (χ1n) is 10.4. The van der Waals surface area contributed by atoms with Gasteiger partial charge in [-0.15, -0.1) is 0 Å². The zero-order valence-corrected chi connectivity index (χ0v) is 17.0. The number of rotatable bonds is 6. The summed E-state index contributed by atoms with van der Waals surface area (Å²) in [6, 6.07) is 10.0. The van der Waals surface area contributed by atoms with Crippen molar-refractivity contribution in [2.24, 2.45) is 5.92 Å². The summed E-state index contributed by atoms with van der Waals surface area (Å²) in [5, 5.41) is 3.49. The van der Waals surface area contributed by atoms with Gasteiger partial charge in [0.1, 0.15) is 17.4 Å². The van der Waals surface area contributed by atoms with E-state index in [4.69, 9.17) is 4.74 Å². The molecule has 3 aromatic rings. The van der Waals surface area contributed by atoms with E-state index < -0.39 is 0 Å². The third-order valence-electron chi connectivity index (χ3n) is 6.34. The standard InChI is InChI=1S/C23H27FN4O/c1-14-10-17(29-9-3-8-28-12-16-11-25-21(16)13-28)4-5-18(14)23-26-20-7-6-19(24)15(2)22(20)27-23/h4-7,10,16,21,25H,3,8-9,11-13H2,1-2H3,(H,26,27). The van der Waals surface area contributed by atoms with E-state index in [1.807, 2.05) is 12.1 Å². The van der Waals surface area contributed by atoms with Crippen LogP contribution in [0.15, 0.2) is 30.3 Å². The minimum absolute atomic E-state index is 0.228. The Morgan fingerprint density at radius 1 is 1.21 bits per heavy atom. The third-order valence-corrected chi connectivity index (χ3v) is 6.34. The molecule has 0 amide bonds. The molecule has 152 valence electrons. The topological polar surface area (TPSA) is 53.2 Å². The Balaban J connectivity index is 1.21. The molecule has 3 heterocycles. The molecular formula is C23H27FN4O. The van der Waals surface area contributed by atoms with E-state index in [0.29, 0.717) is 11.1 Å². The lowest BCUT2D eigenvalue weighted by molar-refractivity contribution is 0.260. The van der Waals surface area contributed by atoms with E-state index in [0.717, 1.165) is 59.7 Å². The van der Waals surface area contributed by atoms with Crippen LogP contribution in [0.3, 0.4) is 0 Å². The summed E-state index contributed by atoms with van der Waals surface area (Å²) in [5.41, 5.74) is 4.20. The summed E-state index contributed by atoms with van der Waals surface area (Å²) in [6.45, 7) is 9.22. The molecule has 2 aromatic carbocycles. The van der Waals surface area contributed by atoms with Gasteiger partial charge in [-0.1, -0.05) is 0 Å². The molecule has 29 heavy (non-hydrogen) atoms. The molecule has 2 N–H and O–H groups in total. The molecule has 2 aliphatic rings. The van der Waals surface area contributed by atoms with E-state index in [9.17, 15) is 4.39 Å². The molecule has 0 saturated carbocycles. The largest absolute Gasteiger partial charge is 0.494 e. The number of benzene rings is 2. The Bertz CT molecular complexity index is 1030. The highest BCUT2D eigenvalue weighted by Crippen LogP contribution is 2.28. The number of fused-ring (bicyclic) bond motifs is 2. The molecule has 1 aromatic heterocycles.